The van der Waals surface area contributed by atoms with Crippen molar-refractivity contribution in [3.05, 3.63) is 99.4 Å². The smallest absolute Gasteiger partial charge is 0.291 e. The van der Waals surface area contributed by atoms with Crippen LogP contribution in [0, 0.1) is 0 Å². The Bertz CT molecular complexity index is 1210. The van der Waals surface area contributed by atoms with Crippen molar-refractivity contribution >= 4 is 40.4 Å². The van der Waals surface area contributed by atoms with Crippen molar-refractivity contribution in [3.63, 3.8) is 0 Å². The molecule has 0 aliphatic rings. The van der Waals surface area contributed by atoms with Crippen LogP contribution in [0.15, 0.2) is 76.7 Å². The van der Waals surface area contributed by atoms with Gasteiger partial charge >= 0.3 is 0 Å². The number of aromatic nitrogens is 1. The Morgan fingerprint density at radius 3 is 2.58 bits per heavy atom. The molecule has 0 radical (unpaired) electrons. The van der Waals surface area contributed by atoms with E-state index in [-0.39, 0.29) is 24.0 Å². The highest BCUT2D eigenvalue weighted by atomic mass is 35.5. The predicted octanol–water partition coefficient (Wildman–Crippen LogP) is 5.08. The Morgan fingerprint density at radius 1 is 1.06 bits per heavy atom. The highest BCUT2D eigenvalue weighted by Crippen LogP contribution is 2.18. The number of carbonyl (C=O) groups excluding carboxylic acids is 2. The average molecular weight is 482 g/mol. The minimum Gasteiger partial charge on any atom is -0.486 e. The summed E-state index contributed by atoms with van der Waals surface area (Å²) in [6, 6.07) is 17.6. The molecule has 2 aromatic carbocycles. The molecule has 4 rings (SSSR count). The third-order valence-electron chi connectivity index (χ3n) is 4.56. The van der Waals surface area contributed by atoms with Crippen LogP contribution in [0.4, 0.5) is 5.69 Å². The summed E-state index contributed by atoms with van der Waals surface area (Å²) in [5.41, 5.74) is 2.25. The van der Waals surface area contributed by atoms with Gasteiger partial charge in [-0.05, 0) is 54.1 Å². The first-order valence-corrected chi connectivity index (χ1v) is 11.3. The molecule has 0 atom stereocenters. The van der Waals surface area contributed by atoms with Crippen LogP contribution in [0.25, 0.3) is 0 Å². The molecule has 0 aliphatic heterocycles. The van der Waals surface area contributed by atoms with Crippen molar-refractivity contribution in [2.75, 3.05) is 5.32 Å². The number of anilines is 1. The van der Waals surface area contributed by atoms with E-state index in [1.165, 1.54) is 17.6 Å². The maximum atomic E-state index is 12.3. The lowest BCUT2D eigenvalue weighted by Crippen LogP contribution is -2.24. The molecular weight excluding hydrogens is 462 g/mol. The molecule has 168 valence electrons. The molecule has 0 saturated carbocycles. The summed E-state index contributed by atoms with van der Waals surface area (Å²) in [4.78, 5) is 28.7. The predicted molar refractivity (Wildman–Crippen MR) is 127 cm³/mol. The van der Waals surface area contributed by atoms with E-state index in [1.54, 1.807) is 48.5 Å². The topological polar surface area (TPSA) is 93.5 Å². The summed E-state index contributed by atoms with van der Waals surface area (Å²) >= 11 is 7.32. The molecular formula is C24H20ClN3O4S. The lowest BCUT2D eigenvalue weighted by Gasteiger charge is -2.07. The van der Waals surface area contributed by atoms with Crippen molar-refractivity contribution in [3.8, 4) is 5.75 Å². The van der Waals surface area contributed by atoms with Crippen molar-refractivity contribution in [2.45, 2.75) is 19.6 Å². The fourth-order valence-electron chi connectivity index (χ4n) is 2.91. The lowest BCUT2D eigenvalue weighted by molar-refractivity contribution is -0.120. The van der Waals surface area contributed by atoms with E-state index in [4.69, 9.17) is 20.8 Å². The number of amides is 2. The number of rotatable bonds is 9. The van der Waals surface area contributed by atoms with Gasteiger partial charge in [-0.2, -0.15) is 0 Å². The third-order valence-corrected chi connectivity index (χ3v) is 5.69. The van der Waals surface area contributed by atoms with Crippen LogP contribution < -0.4 is 15.4 Å². The zero-order chi connectivity index (χ0) is 23.0. The van der Waals surface area contributed by atoms with E-state index < -0.39 is 0 Å². The van der Waals surface area contributed by atoms with E-state index in [0.29, 0.717) is 35.3 Å². The molecule has 2 N–H and O–H groups in total. The van der Waals surface area contributed by atoms with Crippen LogP contribution in [0.3, 0.4) is 0 Å². The van der Waals surface area contributed by atoms with Crippen LogP contribution in [0.2, 0.25) is 5.02 Å². The summed E-state index contributed by atoms with van der Waals surface area (Å²) in [6.45, 7) is 0.707. The Hall–Kier alpha value is -3.62. The maximum absolute atomic E-state index is 12.3. The number of furan rings is 1. The summed E-state index contributed by atoms with van der Waals surface area (Å²) in [5, 5.41) is 8.93. The standard InChI is InChI=1S/C24H20ClN3O4S/c25-17-5-9-20(10-6-17)32-14-23-27-19(15-33-23)12-22(29)26-13-16-3-7-18(8-4-16)28-24(30)21-2-1-11-31-21/h1-11,15H,12-14H2,(H,26,29)(H,28,30). The second-order valence-electron chi connectivity index (χ2n) is 7.06. The van der Waals surface area contributed by atoms with Crippen LogP contribution >= 0.6 is 22.9 Å². The molecule has 2 aromatic heterocycles. The van der Waals surface area contributed by atoms with Gasteiger partial charge in [-0.15, -0.1) is 11.3 Å². The third kappa shape index (κ3) is 6.68. The van der Waals surface area contributed by atoms with Crippen molar-refractivity contribution < 1.29 is 18.7 Å². The minimum atomic E-state index is -0.317. The molecule has 2 amide bonds. The Kier molecular flexibility index (Phi) is 7.39. The number of nitrogens with one attached hydrogen (secondary N) is 2. The number of thiazole rings is 1. The summed E-state index contributed by atoms with van der Waals surface area (Å²) in [6.07, 6.45) is 1.64. The number of ether oxygens (including phenoxy) is 1. The maximum Gasteiger partial charge on any atom is 0.291 e. The number of benzene rings is 2. The molecule has 0 saturated heterocycles. The van der Waals surface area contributed by atoms with E-state index in [0.717, 1.165) is 10.6 Å². The fourth-order valence-corrected chi connectivity index (χ4v) is 3.74. The van der Waals surface area contributed by atoms with Gasteiger partial charge in [0.2, 0.25) is 5.91 Å². The monoisotopic (exact) mass is 481 g/mol. The van der Waals surface area contributed by atoms with Gasteiger partial charge in [-0.25, -0.2) is 4.98 Å². The highest BCUT2D eigenvalue weighted by molar-refractivity contribution is 7.09. The largest absolute Gasteiger partial charge is 0.486 e. The normalized spacial score (nSPS) is 10.6. The van der Waals surface area contributed by atoms with Gasteiger partial charge in [0.1, 0.15) is 17.4 Å². The zero-order valence-corrected chi connectivity index (χ0v) is 19.0. The van der Waals surface area contributed by atoms with Crippen LogP contribution in [-0.2, 0) is 24.4 Å². The molecule has 2 heterocycles. The SMILES string of the molecule is O=C(Cc1csc(COc2ccc(Cl)cc2)n1)NCc1ccc(NC(=O)c2ccco2)cc1. The Balaban J connectivity index is 1.21. The first-order chi connectivity index (χ1) is 16.0. The first kappa shape index (κ1) is 22.6. The molecule has 0 aliphatic carbocycles. The van der Waals surface area contributed by atoms with E-state index in [2.05, 4.69) is 15.6 Å². The number of hydrogen-bond acceptors (Lipinski definition) is 6. The summed E-state index contributed by atoms with van der Waals surface area (Å²) < 4.78 is 10.8. The lowest BCUT2D eigenvalue weighted by atomic mass is 10.2. The molecule has 0 unspecified atom stereocenters. The van der Waals surface area contributed by atoms with Crippen LogP contribution in [0.1, 0.15) is 26.8 Å². The number of carbonyl (C=O) groups is 2. The minimum absolute atomic E-state index is 0.124. The van der Waals surface area contributed by atoms with Gasteiger partial charge in [0.15, 0.2) is 5.76 Å². The Labute approximate surface area is 199 Å². The van der Waals surface area contributed by atoms with Crippen LogP contribution in [-0.4, -0.2) is 16.8 Å². The van der Waals surface area contributed by atoms with E-state index in [9.17, 15) is 9.59 Å². The fraction of sp³-hybridized carbons (Fsp3) is 0.125. The number of nitrogens with zero attached hydrogens (tertiary/aromatic N) is 1. The van der Waals surface area contributed by atoms with E-state index in [1.807, 2.05) is 17.5 Å². The van der Waals surface area contributed by atoms with Crippen molar-refractivity contribution in [2.24, 2.45) is 0 Å². The molecule has 7 nitrogen and oxygen atoms in total. The van der Waals surface area contributed by atoms with Gasteiger partial charge in [0.05, 0.1) is 18.4 Å². The molecule has 9 heteroatoms. The van der Waals surface area contributed by atoms with Crippen molar-refractivity contribution in [1.29, 1.82) is 0 Å². The zero-order valence-electron chi connectivity index (χ0n) is 17.4. The second kappa shape index (κ2) is 10.8. The number of hydrogen-bond donors (Lipinski definition) is 2. The quantitative estimate of drug-likeness (QED) is 0.347. The molecule has 0 bridgehead atoms. The summed E-state index contributed by atoms with van der Waals surface area (Å²) in [7, 11) is 0. The van der Waals surface area contributed by atoms with Crippen LogP contribution in [0.5, 0.6) is 5.75 Å². The number of halogens is 1. The Morgan fingerprint density at radius 2 is 1.85 bits per heavy atom. The van der Waals surface area contributed by atoms with Gasteiger partial charge < -0.3 is 19.8 Å². The van der Waals surface area contributed by atoms with Crippen molar-refractivity contribution in [1.82, 2.24) is 10.3 Å². The van der Waals surface area contributed by atoms with Gasteiger partial charge in [-0.3, -0.25) is 9.59 Å². The second-order valence-corrected chi connectivity index (χ2v) is 8.44. The molecule has 33 heavy (non-hydrogen) atoms. The van der Waals surface area contributed by atoms with E-state index >= 15 is 0 Å². The molecule has 0 spiro atoms. The van der Waals surface area contributed by atoms with Gasteiger partial charge in [0.25, 0.3) is 5.91 Å². The average Bonchev–Trinajstić information content (AvgIpc) is 3.51. The van der Waals surface area contributed by atoms with Gasteiger partial charge in [0, 0.05) is 22.6 Å². The molecule has 4 aromatic rings. The first-order valence-electron chi connectivity index (χ1n) is 10.1. The highest BCUT2D eigenvalue weighted by Gasteiger charge is 2.10. The van der Waals surface area contributed by atoms with Gasteiger partial charge in [-0.1, -0.05) is 23.7 Å². The summed E-state index contributed by atoms with van der Waals surface area (Å²) in [5.74, 6) is 0.511. The molecule has 0 fully saturated rings.